The Bertz CT molecular complexity index is 1110. The van der Waals surface area contributed by atoms with Crippen molar-refractivity contribution in [3.8, 4) is 0 Å². The summed E-state index contributed by atoms with van der Waals surface area (Å²) in [6.45, 7) is 10.5. The van der Waals surface area contributed by atoms with Crippen LogP contribution in [0, 0.1) is 17.8 Å². The van der Waals surface area contributed by atoms with Crippen LogP contribution in [0.1, 0.15) is 65.9 Å². The summed E-state index contributed by atoms with van der Waals surface area (Å²) in [6, 6.07) is 7.85. The molecule has 0 aromatic heterocycles. The lowest BCUT2D eigenvalue weighted by atomic mass is 9.89. The summed E-state index contributed by atoms with van der Waals surface area (Å²) in [5.41, 5.74) is 7.21. The molecule has 0 bridgehead atoms. The Labute approximate surface area is 275 Å². The van der Waals surface area contributed by atoms with Gasteiger partial charge >= 0.3 is 5.97 Å². The number of nitrogens with two attached hydrogens (primary N) is 1. The smallest absolute Gasteiger partial charge is 0.328 e. The van der Waals surface area contributed by atoms with Gasteiger partial charge in [0.25, 0.3) is 0 Å². The quantitative estimate of drug-likeness (QED) is 0.193. The molecule has 45 heavy (non-hydrogen) atoms. The van der Waals surface area contributed by atoms with Crippen LogP contribution >= 0.6 is 12.2 Å². The fraction of sp³-hybridized carbons (Fsp3) is 0.706. The highest BCUT2D eigenvalue weighted by Crippen LogP contribution is 2.30. The van der Waals surface area contributed by atoms with E-state index in [1.54, 1.807) is 26.2 Å². The highest BCUT2D eigenvalue weighted by molar-refractivity contribution is 7.80. The molecule has 1 aromatic carbocycles. The number of likely N-dealkylation sites (tertiary alicyclic amines) is 1. The van der Waals surface area contributed by atoms with Crippen LogP contribution in [0.25, 0.3) is 0 Å². The number of methoxy groups -OCH3 is 3. The van der Waals surface area contributed by atoms with Gasteiger partial charge in [-0.05, 0) is 30.2 Å². The summed E-state index contributed by atoms with van der Waals surface area (Å²) in [5.74, 6) is -0.843. The normalized spacial score (nSPS) is 19.6. The van der Waals surface area contributed by atoms with Gasteiger partial charge < -0.3 is 35.1 Å². The molecule has 0 radical (unpaired) electrons. The van der Waals surface area contributed by atoms with Crippen LogP contribution in [-0.2, 0) is 35.0 Å². The average Bonchev–Trinajstić information content (AvgIpc) is 3.52. The van der Waals surface area contributed by atoms with Crippen molar-refractivity contribution >= 4 is 35.0 Å². The van der Waals surface area contributed by atoms with Gasteiger partial charge in [0.1, 0.15) is 6.04 Å². The van der Waals surface area contributed by atoms with Crippen LogP contribution < -0.4 is 11.1 Å². The minimum Gasteiger partial charge on any atom is -0.467 e. The molecule has 0 saturated carbocycles. The predicted molar refractivity (Wildman–Crippen MR) is 181 cm³/mol. The molecular weight excluding hydrogens is 592 g/mol. The van der Waals surface area contributed by atoms with Crippen molar-refractivity contribution in [3.63, 3.8) is 0 Å². The number of benzene rings is 1. The molecule has 1 saturated heterocycles. The van der Waals surface area contributed by atoms with E-state index >= 15 is 0 Å². The zero-order valence-corrected chi connectivity index (χ0v) is 29.5. The van der Waals surface area contributed by atoms with Crippen molar-refractivity contribution in [2.75, 3.05) is 34.9 Å². The van der Waals surface area contributed by atoms with E-state index in [2.05, 4.69) is 19.2 Å². The van der Waals surface area contributed by atoms with Crippen molar-refractivity contribution in [2.45, 2.75) is 103 Å². The molecular formula is C34H56N4O6S. The summed E-state index contributed by atoms with van der Waals surface area (Å²) in [4.78, 5) is 43.9. The van der Waals surface area contributed by atoms with Crippen LogP contribution in [0.2, 0.25) is 0 Å². The lowest BCUT2D eigenvalue weighted by Gasteiger charge is -2.40. The summed E-state index contributed by atoms with van der Waals surface area (Å²) in [6.07, 6.45) is 2.02. The lowest BCUT2D eigenvalue weighted by molar-refractivity contribution is -0.145. The van der Waals surface area contributed by atoms with E-state index in [0.717, 1.165) is 24.8 Å². The molecule has 10 nitrogen and oxygen atoms in total. The summed E-state index contributed by atoms with van der Waals surface area (Å²) < 4.78 is 17.0. The third-order valence-corrected chi connectivity index (χ3v) is 9.84. The van der Waals surface area contributed by atoms with E-state index in [-0.39, 0.29) is 48.1 Å². The summed E-state index contributed by atoms with van der Waals surface area (Å²) in [7, 11) is 6.33. The minimum absolute atomic E-state index is 0.0136. The number of rotatable bonds is 17. The molecule has 2 rings (SSSR count). The Hall–Kier alpha value is -2.60. The molecule has 11 heteroatoms. The van der Waals surface area contributed by atoms with Crippen molar-refractivity contribution in [2.24, 2.45) is 23.5 Å². The van der Waals surface area contributed by atoms with Gasteiger partial charge in [-0.1, -0.05) is 83.6 Å². The van der Waals surface area contributed by atoms with Gasteiger partial charge in [0.05, 0.1) is 48.9 Å². The molecule has 8 atom stereocenters. The molecule has 254 valence electrons. The van der Waals surface area contributed by atoms with Crippen LogP contribution in [0.4, 0.5) is 0 Å². The molecule has 2 unspecified atom stereocenters. The number of carbonyl (C=O) groups excluding carboxylic acids is 3. The zero-order chi connectivity index (χ0) is 33.8. The predicted octanol–water partition coefficient (Wildman–Crippen LogP) is 3.59. The second-order valence-corrected chi connectivity index (χ2v) is 13.1. The molecule has 1 fully saturated rings. The SMILES string of the molecule is CC[C@H](C)[C@@H]([C@@H](CC(=O)N1CCC[C@H]1C(OC)[C@@H](C)C(=S)NC(Cc1ccccc1)C(=O)OC)OC)N(C)C(=O)[C@@H](N)C(C)C. The largest absolute Gasteiger partial charge is 0.467 e. The van der Waals surface area contributed by atoms with E-state index in [9.17, 15) is 14.4 Å². The van der Waals surface area contributed by atoms with Gasteiger partial charge in [-0.15, -0.1) is 0 Å². The standard InChI is InChI=1S/C34H56N4O6S/c1-10-22(4)30(37(6)33(40)29(35)21(2)3)27(42-7)20-28(39)38-18-14-17-26(38)31(43-8)23(5)32(45)36-25(34(41)44-9)19-24-15-12-11-13-16-24/h11-13,15-16,21-23,25-27,29-31H,10,14,17-20,35H2,1-9H3,(H,36,45)/t22-,23+,25?,26-,27+,29-,30-,31?/m0/s1. The van der Waals surface area contributed by atoms with Crippen LogP contribution in [0.15, 0.2) is 30.3 Å². The minimum atomic E-state index is -0.658. The molecule has 1 aliphatic rings. The highest BCUT2D eigenvalue weighted by atomic mass is 32.1. The molecule has 0 spiro atoms. The first kappa shape index (κ1) is 38.6. The first-order valence-electron chi connectivity index (χ1n) is 16.1. The fourth-order valence-corrected chi connectivity index (χ4v) is 6.59. The lowest BCUT2D eigenvalue weighted by Crippen LogP contribution is -2.56. The topological polar surface area (TPSA) is 123 Å². The number of nitrogens with zero attached hydrogens (tertiary/aromatic N) is 2. The monoisotopic (exact) mass is 648 g/mol. The first-order valence-corrected chi connectivity index (χ1v) is 16.5. The molecule has 1 aliphatic heterocycles. The highest BCUT2D eigenvalue weighted by Gasteiger charge is 2.42. The average molecular weight is 649 g/mol. The number of hydrogen-bond donors (Lipinski definition) is 2. The van der Waals surface area contributed by atoms with Gasteiger partial charge in [-0.2, -0.15) is 0 Å². The van der Waals surface area contributed by atoms with Crippen molar-refractivity contribution in [1.82, 2.24) is 15.1 Å². The number of esters is 1. The van der Waals surface area contributed by atoms with Crippen molar-refractivity contribution in [3.05, 3.63) is 35.9 Å². The van der Waals surface area contributed by atoms with Crippen LogP contribution in [-0.4, -0.2) is 104 Å². The summed E-state index contributed by atoms with van der Waals surface area (Å²) in [5, 5.41) is 3.22. The van der Waals surface area contributed by atoms with E-state index in [0.29, 0.717) is 18.0 Å². The van der Waals surface area contributed by atoms with Gasteiger partial charge in [-0.3, -0.25) is 9.59 Å². The second-order valence-electron chi connectivity index (χ2n) is 12.6. The van der Waals surface area contributed by atoms with Gasteiger partial charge in [0, 0.05) is 40.2 Å². The fourth-order valence-electron chi connectivity index (χ4n) is 6.31. The van der Waals surface area contributed by atoms with Gasteiger partial charge in [0.15, 0.2) is 0 Å². The molecule has 1 heterocycles. The van der Waals surface area contributed by atoms with Crippen LogP contribution in [0.3, 0.4) is 0 Å². The number of amides is 2. The number of hydrogen-bond acceptors (Lipinski definition) is 8. The zero-order valence-electron chi connectivity index (χ0n) is 28.7. The second kappa shape index (κ2) is 18.5. The molecule has 2 amide bonds. The van der Waals surface area contributed by atoms with Gasteiger partial charge in [-0.25, -0.2) is 4.79 Å². The Morgan fingerprint density at radius 2 is 1.73 bits per heavy atom. The molecule has 0 aliphatic carbocycles. The van der Waals surface area contributed by atoms with E-state index < -0.39 is 30.3 Å². The Morgan fingerprint density at radius 1 is 1.09 bits per heavy atom. The maximum atomic E-state index is 13.9. The first-order chi connectivity index (χ1) is 21.3. The number of carbonyl (C=O) groups is 3. The van der Waals surface area contributed by atoms with E-state index in [4.69, 9.17) is 32.2 Å². The summed E-state index contributed by atoms with van der Waals surface area (Å²) >= 11 is 5.81. The van der Waals surface area contributed by atoms with Crippen molar-refractivity contribution < 1.29 is 28.6 Å². The van der Waals surface area contributed by atoms with Crippen LogP contribution in [0.5, 0.6) is 0 Å². The Balaban J connectivity index is 2.22. The third-order valence-electron chi connectivity index (χ3n) is 9.35. The Morgan fingerprint density at radius 3 is 2.27 bits per heavy atom. The van der Waals surface area contributed by atoms with Gasteiger partial charge in [0.2, 0.25) is 11.8 Å². The molecule has 3 N–H and O–H groups in total. The number of ether oxygens (including phenoxy) is 3. The number of nitrogens with one attached hydrogen (secondary N) is 1. The van der Waals surface area contributed by atoms with Crippen molar-refractivity contribution in [1.29, 1.82) is 0 Å². The number of thiocarbonyl (C=S) groups is 1. The Kier molecular flexibility index (Phi) is 15.9. The van der Waals surface area contributed by atoms with E-state index in [1.165, 1.54) is 7.11 Å². The maximum absolute atomic E-state index is 13.9. The maximum Gasteiger partial charge on any atom is 0.328 e. The number of likely N-dealkylation sites (N-methyl/N-ethyl adjacent to an activating group) is 1. The third kappa shape index (κ3) is 10.2. The van der Waals surface area contributed by atoms with E-state index in [1.807, 2.05) is 56.0 Å². The molecule has 1 aromatic rings.